The van der Waals surface area contributed by atoms with Gasteiger partial charge in [0, 0.05) is 36.3 Å². The second-order valence-electron chi connectivity index (χ2n) is 5.51. The molecule has 0 spiro atoms. The van der Waals surface area contributed by atoms with E-state index in [2.05, 4.69) is 10.3 Å². The summed E-state index contributed by atoms with van der Waals surface area (Å²) in [4.78, 5) is 16.8. The lowest BCUT2D eigenvalue weighted by molar-refractivity contribution is 0.102. The number of nitrogens with one attached hydrogen (secondary N) is 1. The van der Waals surface area contributed by atoms with E-state index in [1.807, 2.05) is 47.3 Å². The number of hydrogen-bond donors (Lipinski definition) is 1. The van der Waals surface area contributed by atoms with Crippen molar-refractivity contribution >= 4 is 22.7 Å². The number of nitrogens with zero attached hydrogens (tertiary/aromatic N) is 2. The third-order valence-corrected chi connectivity index (χ3v) is 3.76. The zero-order valence-electron chi connectivity index (χ0n) is 13.1. The van der Waals surface area contributed by atoms with Crippen molar-refractivity contribution in [3.8, 4) is 5.69 Å². The Balaban J connectivity index is 1.60. The number of carbonyl (C=O) groups excluding carboxylic acids is 1. The van der Waals surface area contributed by atoms with E-state index in [-0.39, 0.29) is 5.91 Å². The topological polar surface area (TPSA) is 60.1 Å². The van der Waals surface area contributed by atoms with Gasteiger partial charge in [0.2, 0.25) is 0 Å². The molecule has 0 aliphatic rings. The van der Waals surface area contributed by atoms with Crippen LogP contribution in [0.3, 0.4) is 0 Å². The van der Waals surface area contributed by atoms with Gasteiger partial charge in [-0.1, -0.05) is 6.07 Å². The number of carbonyl (C=O) groups is 1. The Labute approximate surface area is 138 Å². The third-order valence-electron chi connectivity index (χ3n) is 3.76. The van der Waals surface area contributed by atoms with Crippen LogP contribution in [0.2, 0.25) is 0 Å². The minimum absolute atomic E-state index is 0.163. The molecule has 0 unspecified atom stereocenters. The number of fused-ring (bicyclic) bond motifs is 1. The van der Waals surface area contributed by atoms with Gasteiger partial charge >= 0.3 is 0 Å². The minimum Gasteiger partial charge on any atom is -0.441 e. The Morgan fingerprint density at radius 3 is 2.75 bits per heavy atom. The summed E-state index contributed by atoms with van der Waals surface area (Å²) in [6.45, 7) is 1.80. The molecule has 1 amide bonds. The fraction of sp³-hybridized carbons (Fsp3) is 0.0526. The van der Waals surface area contributed by atoms with E-state index in [4.69, 9.17) is 4.42 Å². The first kappa shape index (κ1) is 14.3. The quantitative estimate of drug-likeness (QED) is 0.616. The van der Waals surface area contributed by atoms with Crippen molar-refractivity contribution in [1.82, 2.24) is 9.55 Å². The second-order valence-corrected chi connectivity index (χ2v) is 5.51. The monoisotopic (exact) mass is 317 g/mol. The highest BCUT2D eigenvalue weighted by Crippen LogP contribution is 2.20. The molecule has 1 N–H and O–H groups in total. The van der Waals surface area contributed by atoms with Gasteiger partial charge in [-0.05, 0) is 48.5 Å². The zero-order chi connectivity index (χ0) is 16.5. The highest BCUT2D eigenvalue weighted by Gasteiger charge is 2.09. The third kappa shape index (κ3) is 2.67. The maximum Gasteiger partial charge on any atom is 0.255 e. The number of aromatic nitrogens is 2. The molecule has 0 saturated carbocycles. The van der Waals surface area contributed by atoms with E-state index in [1.165, 1.54) is 0 Å². The highest BCUT2D eigenvalue weighted by atomic mass is 16.3. The number of oxazole rings is 1. The van der Waals surface area contributed by atoms with Crippen molar-refractivity contribution in [2.75, 3.05) is 5.32 Å². The van der Waals surface area contributed by atoms with Gasteiger partial charge in [-0.3, -0.25) is 4.79 Å². The fourth-order valence-electron chi connectivity index (χ4n) is 2.64. The molecule has 4 rings (SSSR count). The van der Waals surface area contributed by atoms with Gasteiger partial charge in [0.05, 0.1) is 0 Å². The lowest BCUT2D eigenvalue weighted by atomic mass is 10.1. The normalized spacial score (nSPS) is 10.9. The zero-order valence-corrected chi connectivity index (χ0v) is 13.1. The molecular weight excluding hydrogens is 302 g/mol. The molecule has 0 aliphatic heterocycles. The van der Waals surface area contributed by atoms with E-state index in [9.17, 15) is 4.79 Å². The Kier molecular flexibility index (Phi) is 3.39. The molecule has 2 heterocycles. The molecule has 0 bridgehead atoms. The molecule has 24 heavy (non-hydrogen) atoms. The van der Waals surface area contributed by atoms with Crippen molar-refractivity contribution in [2.24, 2.45) is 0 Å². The molecule has 0 fully saturated rings. The van der Waals surface area contributed by atoms with Crippen LogP contribution in [0.4, 0.5) is 5.69 Å². The summed E-state index contributed by atoms with van der Waals surface area (Å²) < 4.78 is 7.40. The lowest BCUT2D eigenvalue weighted by Gasteiger charge is -2.08. The van der Waals surface area contributed by atoms with Gasteiger partial charge in [0.15, 0.2) is 11.5 Å². The standard InChI is InChI=1S/C19H15N3O2/c1-13-20-17-12-15(7-8-18(17)24-13)21-19(23)14-5-4-6-16(11-14)22-9-2-3-10-22/h2-12H,1H3,(H,21,23). The van der Waals surface area contributed by atoms with Crippen LogP contribution in [0, 0.1) is 6.92 Å². The van der Waals surface area contributed by atoms with Gasteiger partial charge in [0.25, 0.3) is 5.91 Å². The Hall–Kier alpha value is -3.34. The highest BCUT2D eigenvalue weighted by molar-refractivity contribution is 6.05. The van der Waals surface area contributed by atoms with Crippen molar-refractivity contribution in [3.63, 3.8) is 0 Å². The number of anilines is 1. The van der Waals surface area contributed by atoms with Gasteiger partial charge in [-0.25, -0.2) is 4.98 Å². The van der Waals surface area contributed by atoms with Crippen LogP contribution in [-0.2, 0) is 0 Å². The Morgan fingerprint density at radius 1 is 1.08 bits per heavy atom. The van der Waals surface area contributed by atoms with Crippen LogP contribution in [0.1, 0.15) is 16.2 Å². The van der Waals surface area contributed by atoms with Gasteiger partial charge in [-0.15, -0.1) is 0 Å². The van der Waals surface area contributed by atoms with Crippen LogP contribution < -0.4 is 5.32 Å². The van der Waals surface area contributed by atoms with Crippen LogP contribution in [0.25, 0.3) is 16.8 Å². The molecule has 5 nitrogen and oxygen atoms in total. The van der Waals surface area contributed by atoms with Crippen molar-refractivity contribution in [3.05, 3.63) is 78.4 Å². The molecular formula is C19H15N3O2. The predicted octanol–water partition coefficient (Wildman–Crippen LogP) is 4.18. The van der Waals surface area contributed by atoms with Gasteiger partial charge in [0.1, 0.15) is 5.52 Å². The van der Waals surface area contributed by atoms with Crippen LogP contribution in [0.5, 0.6) is 0 Å². The number of benzene rings is 2. The van der Waals surface area contributed by atoms with Crippen LogP contribution >= 0.6 is 0 Å². The molecule has 118 valence electrons. The lowest BCUT2D eigenvalue weighted by Crippen LogP contribution is -2.12. The fourth-order valence-corrected chi connectivity index (χ4v) is 2.64. The summed E-state index contributed by atoms with van der Waals surface area (Å²) in [5, 5.41) is 2.90. The molecule has 2 aromatic heterocycles. The van der Waals surface area contributed by atoms with Crippen molar-refractivity contribution < 1.29 is 9.21 Å². The van der Waals surface area contributed by atoms with Crippen LogP contribution in [0.15, 0.2) is 71.4 Å². The molecule has 0 saturated heterocycles. The maximum absolute atomic E-state index is 12.5. The van der Waals surface area contributed by atoms with Crippen LogP contribution in [-0.4, -0.2) is 15.5 Å². The van der Waals surface area contributed by atoms with E-state index < -0.39 is 0 Å². The molecule has 0 aliphatic carbocycles. The first-order valence-corrected chi connectivity index (χ1v) is 7.61. The number of hydrogen-bond acceptors (Lipinski definition) is 3. The molecule has 0 radical (unpaired) electrons. The van der Waals surface area contributed by atoms with Gasteiger partial charge in [-0.2, -0.15) is 0 Å². The number of aryl methyl sites for hydroxylation is 1. The summed E-state index contributed by atoms with van der Waals surface area (Å²) >= 11 is 0. The first-order chi connectivity index (χ1) is 11.7. The largest absolute Gasteiger partial charge is 0.441 e. The average Bonchev–Trinajstić information content (AvgIpc) is 3.23. The van der Waals surface area contributed by atoms with E-state index in [1.54, 1.807) is 31.2 Å². The van der Waals surface area contributed by atoms with E-state index >= 15 is 0 Å². The molecule has 4 aromatic rings. The molecule has 0 atom stereocenters. The Morgan fingerprint density at radius 2 is 1.92 bits per heavy atom. The summed E-state index contributed by atoms with van der Waals surface area (Å²) in [5.74, 6) is 0.441. The smallest absolute Gasteiger partial charge is 0.255 e. The minimum atomic E-state index is -0.163. The second kappa shape index (κ2) is 5.70. The van der Waals surface area contributed by atoms with Gasteiger partial charge < -0.3 is 14.3 Å². The van der Waals surface area contributed by atoms with Crippen molar-refractivity contribution in [2.45, 2.75) is 6.92 Å². The molecule has 5 heteroatoms. The average molecular weight is 317 g/mol. The summed E-state index contributed by atoms with van der Waals surface area (Å²) in [7, 11) is 0. The predicted molar refractivity (Wildman–Crippen MR) is 92.5 cm³/mol. The first-order valence-electron chi connectivity index (χ1n) is 7.61. The SMILES string of the molecule is Cc1nc2cc(NC(=O)c3cccc(-n4cccc4)c3)ccc2o1. The Bertz CT molecular complexity index is 1020. The summed E-state index contributed by atoms with van der Waals surface area (Å²) in [6, 6.07) is 16.8. The summed E-state index contributed by atoms with van der Waals surface area (Å²) in [6.07, 6.45) is 3.88. The van der Waals surface area contributed by atoms with Crippen molar-refractivity contribution in [1.29, 1.82) is 0 Å². The van der Waals surface area contributed by atoms with E-state index in [0.717, 1.165) is 11.2 Å². The summed E-state index contributed by atoms with van der Waals surface area (Å²) in [5.41, 5.74) is 3.66. The maximum atomic E-state index is 12.5. The number of amides is 1. The number of rotatable bonds is 3. The molecule has 2 aromatic carbocycles. The van der Waals surface area contributed by atoms with E-state index in [0.29, 0.717) is 22.7 Å².